The van der Waals surface area contributed by atoms with E-state index in [0.29, 0.717) is 0 Å². The van der Waals surface area contributed by atoms with Gasteiger partial charge < -0.3 is 5.32 Å². The summed E-state index contributed by atoms with van der Waals surface area (Å²) in [5, 5.41) is 3.49. The average Bonchev–Trinajstić information content (AvgIpc) is 2.45. The Balaban J connectivity index is 1.85. The molecular weight excluding hydrogens is 98.1 g/mol. The van der Waals surface area contributed by atoms with Gasteiger partial charge in [0, 0.05) is 12.1 Å². The van der Waals surface area contributed by atoms with E-state index in [1.807, 2.05) is 0 Å². The van der Waals surface area contributed by atoms with Crippen molar-refractivity contribution in [2.24, 2.45) is 11.8 Å². The Morgan fingerprint density at radius 2 is 1.50 bits per heavy atom. The number of rotatable bonds is 0. The van der Waals surface area contributed by atoms with Crippen molar-refractivity contribution in [2.75, 3.05) is 0 Å². The zero-order valence-electron chi connectivity index (χ0n) is 4.93. The van der Waals surface area contributed by atoms with Crippen LogP contribution in [0.3, 0.4) is 0 Å². The normalized spacial score (nSPS) is 66.0. The van der Waals surface area contributed by atoms with Gasteiger partial charge in [0.25, 0.3) is 0 Å². The molecule has 0 aromatic rings. The molecule has 3 aliphatic rings. The van der Waals surface area contributed by atoms with Crippen LogP contribution in [0.15, 0.2) is 0 Å². The van der Waals surface area contributed by atoms with Crippen LogP contribution in [0.5, 0.6) is 0 Å². The molecule has 0 radical (unpaired) electrons. The van der Waals surface area contributed by atoms with Crippen LogP contribution in [0.25, 0.3) is 0 Å². The smallest absolute Gasteiger partial charge is 0.0227 e. The van der Waals surface area contributed by atoms with Crippen molar-refractivity contribution in [3.05, 3.63) is 0 Å². The first-order valence-corrected chi connectivity index (χ1v) is 3.69. The molecule has 4 unspecified atom stereocenters. The van der Waals surface area contributed by atoms with E-state index in [9.17, 15) is 0 Å². The summed E-state index contributed by atoms with van der Waals surface area (Å²) >= 11 is 0. The molecule has 3 rings (SSSR count). The van der Waals surface area contributed by atoms with Crippen LogP contribution < -0.4 is 5.32 Å². The van der Waals surface area contributed by atoms with Crippen molar-refractivity contribution in [3.8, 4) is 0 Å². The molecule has 3 fully saturated rings. The van der Waals surface area contributed by atoms with Gasteiger partial charge in [-0.05, 0) is 31.1 Å². The van der Waals surface area contributed by atoms with Crippen LogP contribution >= 0.6 is 0 Å². The van der Waals surface area contributed by atoms with Gasteiger partial charge in [-0.1, -0.05) is 0 Å². The Kier molecular flexibility index (Phi) is 0.472. The molecule has 2 saturated carbocycles. The van der Waals surface area contributed by atoms with Gasteiger partial charge in [0.1, 0.15) is 0 Å². The van der Waals surface area contributed by atoms with Gasteiger partial charge >= 0.3 is 0 Å². The molecular formula is C7H11N. The van der Waals surface area contributed by atoms with Crippen molar-refractivity contribution >= 4 is 0 Å². The number of nitrogens with one attached hydrogen (secondary N) is 1. The average molecular weight is 109 g/mol. The molecule has 1 nitrogen and oxygen atoms in total. The van der Waals surface area contributed by atoms with Crippen LogP contribution in [-0.4, -0.2) is 12.1 Å². The Bertz CT molecular complexity index is 104. The second-order valence-corrected chi connectivity index (χ2v) is 3.61. The van der Waals surface area contributed by atoms with Gasteiger partial charge in [0.2, 0.25) is 0 Å². The number of hydrogen-bond acceptors (Lipinski definition) is 1. The Morgan fingerprint density at radius 3 is 2.12 bits per heavy atom. The molecule has 1 heterocycles. The van der Waals surface area contributed by atoms with Gasteiger partial charge in [0.05, 0.1) is 0 Å². The molecule has 4 atom stereocenters. The minimum atomic E-state index is 0.971. The van der Waals surface area contributed by atoms with Gasteiger partial charge in [0.15, 0.2) is 0 Å². The minimum absolute atomic E-state index is 0.971. The summed E-state index contributed by atoms with van der Waals surface area (Å²) < 4.78 is 0. The highest BCUT2D eigenvalue weighted by Crippen LogP contribution is 2.52. The van der Waals surface area contributed by atoms with Gasteiger partial charge in [-0.15, -0.1) is 0 Å². The summed E-state index contributed by atoms with van der Waals surface area (Å²) in [6.07, 6.45) is 4.58. The largest absolute Gasteiger partial charge is 0.308 e. The van der Waals surface area contributed by atoms with Crippen LogP contribution in [-0.2, 0) is 0 Å². The van der Waals surface area contributed by atoms with Crippen LogP contribution in [0.4, 0.5) is 0 Å². The van der Waals surface area contributed by atoms with Gasteiger partial charge in [-0.3, -0.25) is 0 Å². The molecule has 0 amide bonds. The van der Waals surface area contributed by atoms with Crippen molar-refractivity contribution in [2.45, 2.75) is 31.3 Å². The molecule has 0 aromatic heterocycles. The van der Waals surface area contributed by atoms with Gasteiger partial charge in [-0.2, -0.15) is 0 Å². The van der Waals surface area contributed by atoms with E-state index in [-0.39, 0.29) is 0 Å². The third kappa shape index (κ3) is 0.368. The maximum absolute atomic E-state index is 3.49. The minimum Gasteiger partial charge on any atom is -0.308 e. The zero-order valence-corrected chi connectivity index (χ0v) is 4.93. The predicted octanol–water partition coefficient (Wildman–Crippen LogP) is 0.757. The molecule has 1 aliphatic heterocycles. The van der Waals surface area contributed by atoms with E-state index in [0.717, 1.165) is 23.9 Å². The lowest BCUT2D eigenvalue weighted by Gasteiger charge is -2.02. The lowest BCUT2D eigenvalue weighted by atomic mass is 10.0. The van der Waals surface area contributed by atoms with Gasteiger partial charge in [-0.25, -0.2) is 0 Å². The van der Waals surface area contributed by atoms with Crippen LogP contribution in [0.2, 0.25) is 0 Å². The molecule has 1 saturated heterocycles. The maximum Gasteiger partial charge on any atom is 0.0227 e. The Hall–Kier alpha value is -0.0400. The monoisotopic (exact) mass is 109 g/mol. The fraction of sp³-hybridized carbons (Fsp3) is 1.00. The molecule has 0 aromatic carbocycles. The summed E-state index contributed by atoms with van der Waals surface area (Å²) in [5.41, 5.74) is 0. The zero-order chi connectivity index (χ0) is 5.14. The highest BCUT2D eigenvalue weighted by atomic mass is 15.2. The number of fused-ring (bicyclic) bond motifs is 2. The topological polar surface area (TPSA) is 21.9 Å². The molecule has 1 heteroatoms. The first-order valence-electron chi connectivity index (χ1n) is 3.69. The quantitative estimate of drug-likeness (QED) is 0.456. The Labute approximate surface area is 49.5 Å². The number of hydrogen-bond donors (Lipinski definition) is 1. The fourth-order valence-electron chi connectivity index (χ4n) is 2.22. The van der Waals surface area contributed by atoms with Crippen molar-refractivity contribution in [1.29, 1.82) is 0 Å². The second-order valence-electron chi connectivity index (χ2n) is 3.61. The molecule has 0 bridgehead atoms. The SMILES string of the molecule is C1C2CC3NC3CC12. The van der Waals surface area contributed by atoms with Crippen molar-refractivity contribution in [3.63, 3.8) is 0 Å². The summed E-state index contributed by atoms with van der Waals surface area (Å²) in [6.45, 7) is 0. The predicted molar refractivity (Wildman–Crippen MR) is 31.5 cm³/mol. The molecule has 2 aliphatic carbocycles. The third-order valence-electron chi connectivity index (χ3n) is 2.99. The van der Waals surface area contributed by atoms with E-state index in [1.165, 1.54) is 12.8 Å². The lowest BCUT2D eigenvalue weighted by molar-refractivity contribution is 0.542. The highest BCUT2D eigenvalue weighted by molar-refractivity contribution is 5.10. The van der Waals surface area contributed by atoms with E-state index in [4.69, 9.17) is 0 Å². The van der Waals surface area contributed by atoms with Crippen molar-refractivity contribution in [1.82, 2.24) is 5.32 Å². The third-order valence-corrected chi connectivity index (χ3v) is 2.99. The van der Waals surface area contributed by atoms with Crippen LogP contribution in [0, 0.1) is 11.8 Å². The summed E-state index contributed by atoms with van der Waals surface area (Å²) in [7, 11) is 0. The van der Waals surface area contributed by atoms with E-state index < -0.39 is 0 Å². The summed E-state index contributed by atoms with van der Waals surface area (Å²) in [6, 6.07) is 1.94. The lowest BCUT2D eigenvalue weighted by Crippen LogP contribution is -2.03. The highest BCUT2D eigenvalue weighted by Gasteiger charge is 2.52. The molecule has 0 spiro atoms. The van der Waals surface area contributed by atoms with Crippen molar-refractivity contribution < 1.29 is 0 Å². The second kappa shape index (κ2) is 0.971. The fourth-order valence-corrected chi connectivity index (χ4v) is 2.22. The van der Waals surface area contributed by atoms with Crippen LogP contribution in [0.1, 0.15) is 19.3 Å². The summed E-state index contributed by atoms with van der Waals surface area (Å²) in [4.78, 5) is 0. The Morgan fingerprint density at radius 1 is 0.875 bits per heavy atom. The maximum atomic E-state index is 3.49. The van der Waals surface area contributed by atoms with E-state index in [1.54, 1.807) is 6.42 Å². The van der Waals surface area contributed by atoms with E-state index in [2.05, 4.69) is 5.32 Å². The molecule has 8 heavy (non-hydrogen) atoms. The first kappa shape index (κ1) is 3.89. The summed E-state index contributed by atoms with van der Waals surface area (Å²) in [5.74, 6) is 2.32. The molecule has 1 N–H and O–H groups in total. The first-order chi connectivity index (χ1) is 3.93. The molecule has 44 valence electrons. The standard InChI is InChI=1S/C7H11N/c1-4-2-6-7(8-6)3-5(1)4/h4-8H,1-3H2. The van der Waals surface area contributed by atoms with E-state index >= 15 is 0 Å².